The van der Waals surface area contributed by atoms with Crippen molar-refractivity contribution in [3.63, 3.8) is 0 Å². The van der Waals surface area contributed by atoms with Gasteiger partial charge >= 0.3 is 0 Å². The Labute approximate surface area is 117 Å². The third-order valence-electron chi connectivity index (χ3n) is 2.40. The molecular formula is C14H20N2O4. The summed E-state index contributed by atoms with van der Waals surface area (Å²) in [4.78, 5) is 23.8. The molecule has 1 atom stereocenters. The molecule has 0 bridgehead atoms. The van der Waals surface area contributed by atoms with Gasteiger partial charge in [-0.2, -0.15) is 0 Å². The van der Waals surface area contributed by atoms with Crippen LogP contribution in [0.5, 0.6) is 11.5 Å². The first-order valence-electron chi connectivity index (χ1n) is 6.24. The molecule has 20 heavy (non-hydrogen) atoms. The van der Waals surface area contributed by atoms with Crippen molar-refractivity contribution in [1.29, 1.82) is 0 Å². The van der Waals surface area contributed by atoms with E-state index in [1.807, 2.05) is 20.8 Å². The molecule has 4 N–H and O–H groups in total. The van der Waals surface area contributed by atoms with Gasteiger partial charge in [-0.3, -0.25) is 9.59 Å². The summed E-state index contributed by atoms with van der Waals surface area (Å²) in [5.74, 6) is -1.30. The normalized spacial score (nSPS) is 12.6. The molecule has 0 fully saturated rings. The predicted octanol–water partition coefficient (Wildman–Crippen LogP) is 1.13. The minimum absolute atomic E-state index is 0.0814. The molecule has 0 spiro atoms. The number of hydrogen-bond acceptors (Lipinski definition) is 4. The smallest absolute Gasteiger partial charge is 0.252 e. The first-order chi connectivity index (χ1) is 9.08. The van der Waals surface area contributed by atoms with Crippen molar-refractivity contribution in [3.05, 3.63) is 23.8 Å². The molecule has 0 heterocycles. The molecule has 0 radical (unpaired) electrons. The Kier molecular flexibility index (Phi) is 4.60. The van der Waals surface area contributed by atoms with Crippen molar-refractivity contribution in [2.75, 3.05) is 0 Å². The zero-order chi connectivity index (χ0) is 15.5. The summed E-state index contributed by atoms with van der Waals surface area (Å²) in [6.45, 7) is 7.08. The van der Waals surface area contributed by atoms with E-state index in [2.05, 4.69) is 10.6 Å². The Hall–Kier alpha value is -2.24. The molecule has 1 aromatic carbocycles. The van der Waals surface area contributed by atoms with E-state index in [1.165, 1.54) is 12.1 Å². The highest BCUT2D eigenvalue weighted by atomic mass is 16.3. The Balaban J connectivity index is 2.72. The molecule has 0 saturated heterocycles. The lowest BCUT2D eigenvalue weighted by Gasteiger charge is -2.23. The third-order valence-corrected chi connectivity index (χ3v) is 2.40. The number of aromatic hydroxyl groups is 2. The van der Waals surface area contributed by atoms with Gasteiger partial charge in [-0.15, -0.1) is 0 Å². The van der Waals surface area contributed by atoms with E-state index in [1.54, 1.807) is 6.92 Å². The van der Waals surface area contributed by atoms with Crippen LogP contribution in [-0.4, -0.2) is 33.6 Å². The molecule has 0 aliphatic carbocycles. The topological polar surface area (TPSA) is 98.7 Å². The van der Waals surface area contributed by atoms with Crippen molar-refractivity contribution in [2.45, 2.75) is 39.3 Å². The Morgan fingerprint density at radius 3 is 2.05 bits per heavy atom. The molecule has 2 amide bonds. The summed E-state index contributed by atoms with van der Waals surface area (Å²) < 4.78 is 0. The maximum absolute atomic E-state index is 11.9. The van der Waals surface area contributed by atoms with Gasteiger partial charge in [0.05, 0.1) is 0 Å². The lowest BCUT2D eigenvalue weighted by Crippen LogP contribution is -2.50. The van der Waals surface area contributed by atoms with Gasteiger partial charge in [0.1, 0.15) is 17.5 Å². The van der Waals surface area contributed by atoms with Gasteiger partial charge in [0.25, 0.3) is 5.91 Å². The quantitative estimate of drug-likeness (QED) is 0.667. The first-order valence-corrected chi connectivity index (χ1v) is 6.24. The fourth-order valence-corrected chi connectivity index (χ4v) is 1.55. The molecule has 0 aliphatic heterocycles. The summed E-state index contributed by atoms with van der Waals surface area (Å²) >= 11 is 0. The Bertz CT molecular complexity index is 500. The molecule has 6 heteroatoms. The van der Waals surface area contributed by atoms with Crippen molar-refractivity contribution >= 4 is 11.8 Å². The average Bonchev–Trinajstić information content (AvgIpc) is 2.25. The van der Waals surface area contributed by atoms with Crippen LogP contribution in [0.1, 0.15) is 38.1 Å². The second-order valence-corrected chi connectivity index (χ2v) is 5.67. The summed E-state index contributed by atoms with van der Waals surface area (Å²) in [5.41, 5.74) is -0.308. The zero-order valence-electron chi connectivity index (χ0n) is 12.0. The van der Waals surface area contributed by atoms with Gasteiger partial charge in [-0.25, -0.2) is 0 Å². The van der Waals surface area contributed by atoms with Gasteiger partial charge in [0, 0.05) is 17.2 Å². The van der Waals surface area contributed by atoms with Crippen LogP contribution in [0.3, 0.4) is 0 Å². The number of phenols is 2. The maximum atomic E-state index is 11.9. The lowest BCUT2D eigenvalue weighted by molar-refractivity contribution is -0.124. The molecule has 1 rings (SSSR count). The van der Waals surface area contributed by atoms with E-state index >= 15 is 0 Å². The van der Waals surface area contributed by atoms with E-state index in [-0.39, 0.29) is 28.5 Å². The Morgan fingerprint density at radius 2 is 1.60 bits per heavy atom. The van der Waals surface area contributed by atoms with Crippen molar-refractivity contribution < 1.29 is 19.8 Å². The van der Waals surface area contributed by atoms with E-state index in [9.17, 15) is 19.8 Å². The number of nitrogens with one attached hydrogen (secondary N) is 2. The summed E-state index contributed by atoms with van der Waals surface area (Å²) in [6.07, 6.45) is 0. The maximum Gasteiger partial charge on any atom is 0.252 e. The van der Waals surface area contributed by atoms with Crippen LogP contribution in [0.25, 0.3) is 0 Å². The standard InChI is InChI=1S/C14H20N2O4/c1-8(12(19)16-14(2,3)4)15-13(20)9-5-10(17)7-11(18)6-9/h5-8,17-18H,1-4H3,(H,15,20)(H,16,19). The second-order valence-electron chi connectivity index (χ2n) is 5.67. The summed E-state index contributed by atoms with van der Waals surface area (Å²) in [5, 5.41) is 23.9. The molecule has 1 aromatic rings. The van der Waals surface area contributed by atoms with Crippen LogP contribution in [0, 0.1) is 0 Å². The zero-order valence-corrected chi connectivity index (χ0v) is 12.0. The van der Waals surface area contributed by atoms with E-state index in [4.69, 9.17) is 0 Å². The van der Waals surface area contributed by atoms with Crippen molar-refractivity contribution in [1.82, 2.24) is 10.6 Å². The van der Waals surface area contributed by atoms with Gasteiger partial charge in [0.15, 0.2) is 0 Å². The van der Waals surface area contributed by atoms with Crippen LogP contribution in [0.2, 0.25) is 0 Å². The number of amides is 2. The highest BCUT2D eigenvalue weighted by molar-refractivity contribution is 5.98. The van der Waals surface area contributed by atoms with Crippen LogP contribution < -0.4 is 10.6 Å². The molecule has 0 saturated carbocycles. The number of benzene rings is 1. The lowest BCUT2D eigenvalue weighted by atomic mass is 10.1. The van der Waals surface area contributed by atoms with E-state index in [0.717, 1.165) is 6.07 Å². The second kappa shape index (κ2) is 5.81. The van der Waals surface area contributed by atoms with Gasteiger partial charge in [-0.05, 0) is 39.8 Å². The first kappa shape index (κ1) is 15.8. The Morgan fingerprint density at radius 1 is 1.10 bits per heavy atom. The molecule has 6 nitrogen and oxygen atoms in total. The third kappa shape index (κ3) is 4.79. The van der Waals surface area contributed by atoms with Crippen LogP contribution in [0.4, 0.5) is 0 Å². The monoisotopic (exact) mass is 280 g/mol. The van der Waals surface area contributed by atoms with Gasteiger partial charge in [-0.1, -0.05) is 0 Å². The minimum atomic E-state index is -0.730. The number of rotatable bonds is 3. The van der Waals surface area contributed by atoms with E-state index < -0.39 is 11.9 Å². The van der Waals surface area contributed by atoms with Gasteiger partial charge in [0.2, 0.25) is 5.91 Å². The van der Waals surface area contributed by atoms with Crippen LogP contribution >= 0.6 is 0 Å². The summed E-state index contributed by atoms with van der Waals surface area (Å²) in [7, 11) is 0. The van der Waals surface area contributed by atoms with Gasteiger partial charge < -0.3 is 20.8 Å². The fourth-order valence-electron chi connectivity index (χ4n) is 1.55. The molecular weight excluding hydrogens is 260 g/mol. The number of phenolic OH excluding ortho intramolecular Hbond substituents is 2. The molecule has 110 valence electrons. The predicted molar refractivity (Wildman–Crippen MR) is 74.6 cm³/mol. The number of carbonyl (C=O) groups is 2. The SMILES string of the molecule is CC(NC(=O)c1cc(O)cc(O)c1)C(=O)NC(C)(C)C. The van der Waals surface area contributed by atoms with Crippen molar-refractivity contribution in [2.24, 2.45) is 0 Å². The highest BCUT2D eigenvalue weighted by Crippen LogP contribution is 2.20. The van der Waals surface area contributed by atoms with Crippen LogP contribution in [0.15, 0.2) is 18.2 Å². The molecule has 1 unspecified atom stereocenters. The minimum Gasteiger partial charge on any atom is -0.508 e. The largest absolute Gasteiger partial charge is 0.508 e. The molecule has 0 aliphatic rings. The molecule has 0 aromatic heterocycles. The summed E-state index contributed by atoms with van der Waals surface area (Å²) in [6, 6.07) is 2.81. The van der Waals surface area contributed by atoms with Crippen LogP contribution in [-0.2, 0) is 4.79 Å². The average molecular weight is 280 g/mol. The fraction of sp³-hybridized carbons (Fsp3) is 0.429. The number of hydrogen-bond donors (Lipinski definition) is 4. The number of carbonyl (C=O) groups excluding carboxylic acids is 2. The van der Waals surface area contributed by atoms with E-state index in [0.29, 0.717) is 0 Å². The van der Waals surface area contributed by atoms with Crippen molar-refractivity contribution in [3.8, 4) is 11.5 Å². The highest BCUT2D eigenvalue weighted by Gasteiger charge is 2.21.